The van der Waals surface area contributed by atoms with Gasteiger partial charge in [0.05, 0.1) is 10.8 Å². The summed E-state index contributed by atoms with van der Waals surface area (Å²) in [6, 6.07) is 16.1. The Hall–Kier alpha value is -3.12. The highest BCUT2D eigenvalue weighted by atomic mass is 79.9. The maximum Gasteiger partial charge on any atom is 0.262 e. The standard InChI is InChI=1S/C23H18BrNO4/c1-13-9-14(2)23-19(10-13)22(27)18-8-5-16(11-20(18)29-23)25-21(26)12-28-17-6-3-15(24)4-7-17/h3-11H,12H2,1-2H3,(H,25,26). The summed E-state index contributed by atoms with van der Waals surface area (Å²) in [5.74, 6) is 0.298. The van der Waals surface area contributed by atoms with Crippen molar-refractivity contribution < 1.29 is 13.9 Å². The van der Waals surface area contributed by atoms with Crippen LogP contribution in [0.2, 0.25) is 0 Å². The third-order valence-corrected chi connectivity index (χ3v) is 5.10. The zero-order chi connectivity index (χ0) is 20.5. The van der Waals surface area contributed by atoms with E-state index in [9.17, 15) is 9.59 Å². The molecule has 1 aromatic heterocycles. The molecule has 3 aromatic carbocycles. The van der Waals surface area contributed by atoms with Gasteiger partial charge in [-0.3, -0.25) is 9.59 Å². The Labute approximate surface area is 175 Å². The Bertz CT molecular complexity index is 1290. The fraction of sp³-hybridized carbons (Fsp3) is 0.130. The van der Waals surface area contributed by atoms with Crippen LogP contribution in [0.1, 0.15) is 11.1 Å². The lowest BCUT2D eigenvalue weighted by atomic mass is 10.1. The van der Waals surface area contributed by atoms with Crippen LogP contribution < -0.4 is 15.5 Å². The average molecular weight is 452 g/mol. The van der Waals surface area contributed by atoms with Crippen LogP contribution >= 0.6 is 15.9 Å². The predicted molar refractivity (Wildman–Crippen MR) is 118 cm³/mol. The molecule has 0 spiro atoms. The van der Waals surface area contributed by atoms with E-state index < -0.39 is 0 Å². The van der Waals surface area contributed by atoms with Gasteiger partial charge in [-0.2, -0.15) is 0 Å². The SMILES string of the molecule is Cc1cc(C)c2oc3cc(NC(=O)COc4ccc(Br)cc4)ccc3c(=O)c2c1. The molecule has 5 nitrogen and oxygen atoms in total. The molecular formula is C23H18BrNO4. The van der Waals surface area contributed by atoms with Crippen LogP contribution in [-0.4, -0.2) is 12.5 Å². The van der Waals surface area contributed by atoms with Crippen LogP contribution in [0, 0.1) is 13.8 Å². The van der Waals surface area contributed by atoms with Gasteiger partial charge in [-0.15, -0.1) is 0 Å². The van der Waals surface area contributed by atoms with E-state index in [1.165, 1.54) is 0 Å². The second kappa shape index (κ2) is 7.72. The molecule has 0 aliphatic rings. The molecule has 4 rings (SSSR count). The molecule has 0 atom stereocenters. The fourth-order valence-corrected chi connectivity index (χ4v) is 3.53. The van der Waals surface area contributed by atoms with Crippen molar-refractivity contribution in [2.45, 2.75) is 13.8 Å². The fourth-order valence-electron chi connectivity index (χ4n) is 3.26. The Kier molecular flexibility index (Phi) is 5.11. The van der Waals surface area contributed by atoms with Crippen LogP contribution in [0.25, 0.3) is 21.9 Å². The monoisotopic (exact) mass is 451 g/mol. The molecule has 1 heterocycles. The van der Waals surface area contributed by atoms with E-state index in [0.29, 0.717) is 33.4 Å². The van der Waals surface area contributed by atoms with Crippen LogP contribution in [0.3, 0.4) is 0 Å². The molecule has 29 heavy (non-hydrogen) atoms. The molecule has 6 heteroatoms. The number of carbonyl (C=O) groups excluding carboxylic acids is 1. The lowest BCUT2D eigenvalue weighted by Crippen LogP contribution is -2.20. The summed E-state index contributed by atoms with van der Waals surface area (Å²) in [4.78, 5) is 25.1. The van der Waals surface area contributed by atoms with E-state index in [1.54, 1.807) is 30.3 Å². The molecule has 0 fully saturated rings. The first kappa shape index (κ1) is 19.2. The smallest absolute Gasteiger partial charge is 0.262 e. The summed E-state index contributed by atoms with van der Waals surface area (Å²) in [5, 5.41) is 3.81. The van der Waals surface area contributed by atoms with E-state index in [0.717, 1.165) is 15.6 Å². The van der Waals surface area contributed by atoms with Crippen molar-refractivity contribution in [1.29, 1.82) is 0 Å². The maximum atomic E-state index is 12.8. The average Bonchev–Trinajstić information content (AvgIpc) is 2.68. The summed E-state index contributed by atoms with van der Waals surface area (Å²) in [6.45, 7) is 3.74. The summed E-state index contributed by atoms with van der Waals surface area (Å²) < 4.78 is 12.4. The van der Waals surface area contributed by atoms with Crippen molar-refractivity contribution in [1.82, 2.24) is 0 Å². The van der Waals surface area contributed by atoms with Gasteiger partial charge in [0.2, 0.25) is 5.43 Å². The van der Waals surface area contributed by atoms with Crippen molar-refractivity contribution in [3.63, 3.8) is 0 Å². The van der Waals surface area contributed by atoms with Crippen molar-refractivity contribution in [3.05, 3.63) is 80.4 Å². The Morgan fingerprint density at radius 3 is 2.55 bits per heavy atom. The maximum absolute atomic E-state index is 12.8. The first-order valence-electron chi connectivity index (χ1n) is 9.07. The molecule has 0 bridgehead atoms. The van der Waals surface area contributed by atoms with Gasteiger partial charge in [0.1, 0.15) is 16.9 Å². The van der Waals surface area contributed by atoms with Crippen molar-refractivity contribution in [2.24, 2.45) is 0 Å². The lowest BCUT2D eigenvalue weighted by molar-refractivity contribution is -0.118. The summed E-state index contributed by atoms with van der Waals surface area (Å²) in [7, 11) is 0. The minimum Gasteiger partial charge on any atom is -0.484 e. The summed E-state index contributed by atoms with van der Waals surface area (Å²) >= 11 is 3.35. The Morgan fingerprint density at radius 2 is 1.79 bits per heavy atom. The van der Waals surface area contributed by atoms with Gasteiger partial charge in [-0.1, -0.05) is 22.0 Å². The number of carbonyl (C=O) groups is 1. The Morgan fingerprint density at radius 1 is 1.03 bits per heavy atom. The molecule has 0 saturated heterocycles. The highest BCUT2D eigenvalue weighted by Crippen LogP contribution is 2.25. The highest BCUT2D eigenvalue weighted by molar-refractivity contribution is 9.10. The first-order chi connectivity index (χ1) is 13.9. The number of aryl methyl sites for hydroxylation is 2. The van der Waals surface area contributed by atoms with Crippen molar-refractivity contribution >= 4 is 49.5 Å². The summed E-state index contributed by atoms with van der Waals surface area (Å²) in [6.07, 6.45) is 0. The molecule has 146 valence electrons. The number of amides is 1. The third-order valence-electron chi connectivity index (χ3n) is 4.57. The zero-order valence-electron chi connectivity index (χ0n) is 15.9. The third kappa shape index (κ3) is 4.03. The molecule has 1 N–H and O–H groups in total. The predicted octanol–water partition coefficient (Wildman–Crippen LogP) is 5.34. The lowest BCUT2D eigenvalue weighted by Gasteiger charge is -2.09. The van der Waals surface area contributed by atoms with Gasteiger partial charge in [-0.05, 0) is 67.4 Å². The number of anilines is 1. The van der Waals surface area contributed by atoms with Gasteiger partial charge in [0.25, 0.3) is 5.91 Å². The first-order valence-corrected chi connectivity index (χ1v) is 9.86. The van der Waals surface area contributed by atoms with E-state index in [4.69, 9.17) is 9.15 Å². The number of nitrogens with one attached hydrogen (secondary N) is 1. The number of hydrogen-bond acceptors (Lipinski definition) is 4. The number of fused-ring (bicyclic) bond motifs is 2. The van der Waals surface area contributed by atoms with Crippen molar-refractivity contribution in [2.75, 3.05) is 11.9 Å². The van der Waals surface area contributed by atoms with E-state index >= 15 is 0 Å². The van der Waals surface area contributed by atoms with Gasteiger partial charge >= 0.3 is 0 Å². The van der Waals surface area contributed by atoms with Crippen molar-refractivity contribution in [3.8, 4) is 5.75 Å². The molecule has 0 aliphatic heterocycles. The molecule has 0 aliphatic carbocycles. The normalized spacial score (nSPS) is 11.0. The number of benzene rings is 3. The molecule has 0 saturated carbocycles. The molecule has 0 unspecified atom stereocenters. The number of hydrogen-bond donors (Lipinski definition) is 1. The molecule has 1 amide bonds. The number of halogens is 1. The minimum atomic E-state index is -0.304. The largest absolute Gasteiger partial charge is 0.484 e. The van der Waals surface area contributed by atoms with E-state index in [1.807, 2.05) is 38.1 Å². The quantitative estimate of drug-likeness (QED) is 0.425. The molecular weight excluding hydrogens is 434 g/mol. The molecule has 0 radical (unpaired) electrons. The zero-order valence-corrected chi connectivity index (χ0v) is 17.5. The van der Waals surface area contributed by atoms with Crippen LogP contribution in [-0.2, 0) is 4.79 Å². The minimum absolute atomic E-state index is 0.0792. The number of rotatable bonds is 4. The van der Waals surface area contributed by atoms with Gasteiger partial charge in [0.15, 0.2) is 6.61 Å². The highest BCUT2D eigenvalue weighted by Gasteiger charge is 2.12. The van der Waals surface area contributed by atoms with Crippen LogP contribution in [0.5, 0.6) is 5.75 Å². The summed E-state index contributed by atoms with van der Waals surface area (Å²) in [5.41, 5.74) is 3.36. The second-order valence-corrected chi connectivity index (χ2v) is 7.81. The second-order valence-electron chi connectivity index (χ2n) is 6.89. The van der Waals surface area contributed by atoms with Gasteiger partial charge in [-0.25, -0.2) is 0 Å². The van der Waals surface area contributed by atoms with Crippen LogP contribution in [0.15, 0.2) is 68.3 Å². The number of ether oxygens (including phenoxy) is 1. The Balaban J connectivity index is 1.58. The van der Waals surface area contributed by atoms with Gasteiger partial charge < -0.3 is 14.5 Å². The molecule has 4 aromatic rings. The van der Waals surface area contributed by atoms with E-state index in [2.05, 4.69) is 21.2 Å². The van der Waals surface area contributed by atoms with E-state index in [-0.39, 0.29) is 17.9 Å². The van der Waals surface area contributed by atoms with Crippen LogP contribution in [0.4, 0.5) is 5.69 Å². The van der Waals surface area contributed by atoms with Gasteiger partial charge in [0, 0.05) is 16.2 Å². The topological polar surface area (TPSA) is 68.5 Å².